The number of carbonyl (C=O) groups is 1. The Bertz CT molecular complexity index is 710. The molecule has 0 heterocycles. The monoisotopic (exact) mass is 372 g/mol. The van der Waals surface area contributed by atoms with E-state index in [4.69, 9.17) is 22.1 Å². The molecule has 0 spiro atoms. The molecule has 2 aromatic carbocycles. The van der Waals surface area contributed by atoms with Crippen molar-refractivity contribution in [2.45, 2.75) is 0 Å². The number of nitrogens with one attached hydrogen (secondary N) is 1. The van der Waals surface area contributed by atoms with Gasteiger partial charge in [0, 0.05) is 10.7 Å². The highest BCUT2D eigenvalue weighted by molar-refractivity contribution is 9.10. The van der Waals surface area contributed by atoms with Crippen molar-refractivity contribution in [1.82, 2.24) is 0 Å². The number of rotatable bonds is 3. The third-order valence-electron chi connectivity index (χ3n) is 2.72. The fourth-order valence-corrected chi connectivity index (χ4v) is 2.76. The summed E-state index contributed by atoms with van der Waals surface area (Å²) in [6, 6.07) is 6.74. The standard InChI is InChI=1S/C14H11BrClFN2O2/c1-21-13-10(15)4-7(16)5-12(13)19-14(20)9-3-2-8(17)6-11(9)18/h2-6H,18H2,1H3,(H,19,20). The summed E-state index contributed by atoms with van der Waals surface area (Å²) >= 11 is 9.24. The van der Waals surface area contributed by atoms with Crippen molar-refractivity contribution in [1.29, 1.82) is 0 Å². The van der Waals surface area contributed by atoms with Gasteiger partial charge in [0.2, 0.25) is 0 Å². The first-order valence-corrected chi connectivity index (χ1v) is 6.99. The molecule has 0 bridgehead atoms. The molecule has 0 aliphatic heterocycles. The van der Waals surface area contributed by atoms with Gasteiger partial charge in [-0.25, -0.2) is 4.39 Å². The molecule has 4 nitrogen and oxygen atoms in total. The summed E-state index contributed by atoms with van der Waals surface area (Å²) in [5.74, 6) is -0.569. The highest BCUT2D eigenvalue weighted by Gasteiger charge is 2.15. The average Bonchev–Trinajstić information content (AvgIpc) is 2.37. The van der Waals surface area contributed by atoms with Crippen LogP contribution in [0.2, 0.25) is 5.02 Å². The summed E-state index contributed by atoms with van der Waals surface area (Å²) in [4.78, 5) is 12.2. The lowest BCUT2D eigenvalue weighted by atomic mass is 10.1. The SMILES string of the molecule is COc1c(Br)cc(Cl)cc1NC(=O)c1ccc(F)cc1N. The molecule has 0 radical (unpaired) electrons. The predicted molar refractivity (Wildman–Crippen MR) is 84.5 cm³/mol. The van der Waals surface area contributed by atoms with Crippen molar-refractivity contribution in [2.24, 2.45) is 0 Å². The molecule has 0 aliphatic rings. The quantitative estimate of drug-likeness (QED) is 0.797. The Kier molecular flexibility index (Phi) is 4.69. The molecule has 1 amide bonds. The van der Waals surface area contributed by atoms with Crippen LogP contribution in [0.4, 0.5) is 15.8 Å². The van der Waals surface area contributed by atoms with E-state index >= 15 is 0 Å². The van der Waals surface area contributed by atoms with Crippen LogP contribution in [-0.2, 0) is 0 Å². The van der Waals surface area contributed by atoms with E-state index < -0.39 is 11.7 Å². The fourth-order valence-electron chi connectivity index (χ4n) is 1.79. The molecule has 2 rings (SSSR count). The number of ether oxygens (including phenoxy) is 1. The van der Waals surface area contributed by atoms with Crippen LogP contribution in [0.1, 0.15) is 10.4 Å². The van der Waals surface area contributed by atoms with Crippen LogP contribution in [0, 0.1) is 5.82 Å². The number of methoxy groups -OCH3 is 1. The van der Waals surface area contributed by atoms with Crippen molar-refractivity contribution in [2.75, 3.05) is 18.2 Å². The number of halogens is 3. The second-order valence-electron chi connectivity index (χ2n) is 4.15. The molecular formula is C14H11BrClFN2O2. The first kappa shape index (κ1) is 15.6. The van der Waals surface area contributed by atoms with Crippen molar-refractivity contribution in [3.8, 4) is 5.75 Å². The van der Waals surface area contributed by atoms with Crippen LogP contribution in [0.15, 0.2) is 34.8 Å². The molecule has 0 saturated carbocycles. The largest absolute Gasteiger partial charge is 0.493 e. The molecule has 21 heavy (non-hydrogen) atoms. The second kappa shape index (κ2) is 6.32. The van der Waals surface area contributed by atoms with Gasteiger partial charge in [-0.3, -0.25) is 4.79 Å². The van der Waals surface area contributed by atoms with E-state index in [9.17, 15) is 9.18 Å². The highest BCUT2D eigenvalue weighted by Crippen LogP contribution is 2.36. The number of benzene rings is 2. The molecule has 0 fully saturated rings. The van der Waals surface area contributed by atoms with Gasteiger partial charge >= 0.3 is 0 Å². The minimum Gasteiger partial charge on any atom is -0.493 e. The van der Waals surface area contributed by atoms with E-state index in [0.29, 0.717) is 20.9 Å². The van der Waals surface area contributed by atoms with E-state index in [1.165, 1.54) is 13.2 Å². The zero-order valence-electron chi connectivity index (χ0n) is 10.9. The van der Waals surface area contributed by atoms with Crippen LogP contribution >= 0.6 is 27.5 Å². The van der Waals surface area contributed by atoms with Gasteiger partial charge in [-0.2, -0.15) is 0 Å². The molecule has 0 aromatic heterocycles. The maximum Gasteiger partial charge on any atom is 0.257 e. The van der Waals surface area contributed by atoms with Crippen molar-refractivity contribution in [3.63, 3.8) is 0 Å². The third kappa shape index (κ3) is 3.46. The van der Waals surface area contributed by atoms with Crippen LogP contribution in [0.5, 0.6) is 5.75 Å². The average molecular weight is 374 g/mol. The van der Waals surface area contributed by atoms with Gasteiger partial charge < -0.3 is 15.8 Å². The molecule has 2 aromatic rings. The van der Waals surface area contributed by atoms with Crippen molar-refractivity contribution < 1.29 is 13.9 Å². The van der Waals surface area contributed by atoms with E-state index in [1.807, 2.05) is 0 Å². The van der Waals surface area contributed by atoms with Crippen molar-refractivity contribution in [3.05, 3.63) is 51.2 Å². The van der Waals surface area contributed by atoms with Gasteiger partial charge in [0.1, 0.15) is 5.82 Å². The number of carbonyl (C=O) groups excluding carboxylic acids is 1. The molecule has 3 N–H and O–H groups in total. The summed E-state index contributed by atoms with van der Waals surface area (Å²) in [6.07, 6.45) is 0. The maximum atomic E-state index is 13.0. The van der Waals surface area contributed by atoms with E-state index in [-0.39, 0.29) is 11.3 Å². The lowest BCUT2D eigenvalue weighted by molar-refractivity contribution is 0.102. The number of anilines is 2. The topological polar surface area (TPSA) is 64.3 Å². The summed E-state index contributed by atoms with van der Waals surface area (Å²) in [5, 5.41) is 3.06. The van der Waals surface area contributed by atoms with Gasteiger partial charge in [0.25, 0.3) is 5.91 Å². The molecule has 7 heteroatoms. The Morgan fingerprint density at radius 2 is 2.10 bits per heavy atom. The summed E-state index contributed by atoms with van der Waals surface area (Å²) in [5.41, 5.74) is 6.23. The van der Waals surface area contributed by atoms with Gasteiger partial charge in [0.15, 0.2) is 5.75 Å². The lowest BCUT2D eigenvalue weighted by Crippen LogP contribution is -2.15. The van der Waals surface area contributed by atoms with E-state index in [0.717, 1.165) is 12.1 Å². The number of hydrogen-bond donors (Lipinski definition) is 2. The Hall–Kier alpha value is -1.79. The fraction of sp³-hybridized carbons (Fsp3) is 0.0714. The minimum atomic E-state index is -0.507. The number of nitrogens with two attached hydrogens (primary N) is 1. The van der Waals surface area contributed by atoms with Gasteiger partial charge in [0.05, 0.1) is 22.8 Å². The second-order valence-corrected chi connectivity index (χ2v) is 5.44. The summed E-state index contributed by atoms with van der Waals surface area (Å²) in [6.45, 7) is 0. The van der Waals surface area contributed by atoms with Crippen LogP contribution in [0.25, 0.3) is 0 Å². The Morgan fingerprint density at radius 1 is 1.38 bits per heavy atom. The van der Waals surface area contributed by atoms with Gasteiger partial charge in [-0.1, -0.05) is 11.6 Å². The first-order valence-electron chi connectivity index (χ1n) is 5.81. The number of nitrogen functional groups attached to an aromatic ring is 1. The number of hydrogen-bond acceptors (Lipinski definition) is 3. The van der Waals surface area contributed by atoms with Crippen LogP contribution < -0.4 is 15.8 Å². The van der Waals surface area contributed by atoms with Crippen molar-refractivity contribution >= 4 is 44.8 Å². The molecule has 0 saturated heterocycles. The normalized spacial score (nSPS) is 10.3. The van der Waals surface area contributed by atoms with Crippen LogP contribution in [0.3, 0.4) is 0 Å². The Morgan fingerprint density at radius 3 is 2.71 bits per heavy atom. The first-order chi connectivity index (χ1) is 9.92. The predicted octanol–water partition coefficient (Wildman–Crippen LogP) is 4.08. The highest BCUT2D eigenvalue weighted by atomic mass is 79.9. The summed E-state index contributed by atoms with van der Waals surface area (Å²) in [7, 11) is 1.47. The molecular weight excluding hydrogens is 363 g/mol. The minimum absolute atomic E-state index is 0.0487. The Labute approximate surface area is 134 Å². The zero-order chi connectivity index (χ0) is 15.6. The van der Waals surface area contributed by atoms with Gasteiger partial charge in [-0.15, -0.1) is 0 Å². The smallest absolute Gasteiger partial charge is 0.257 e. The van der Waals surface area contributed by atoms with Gasteiger partial charge in [-0.05, 0) is 46.3 Å². The third-order valence-corrected chi connectivity index (χ3v) is 3.53. The molecule has 0 aliphatic carbocycles. The van der Waals surface area contributed by atoms with Crippen LogP contribution in [-0.4, -0.2) is 13.0 Å². The maximum absolute atomic E-state index is 13.0. The Balaban J connectivity index is 2.35. The molecule has 110 valence electrons. The molecule has 0 unspecified atom stereocenters. The summed E-state index contributed by atoms with van der Waals surface area (Å²) < 4.78 is 18.8. The zero-order valence-corrected chi connectivity index (χ0v) is 13.3. The van der Waals surface area contributed by atoms with E-state index in [2.05, 4.69) is 21.2 Å². The molecule has 0 atom stereocenters. The lowest BCUT2D eigenvalue weighted by Gasteiger charge is -2.13. The van der Waals surface area contributed by atoms with E-state index in [1.54, 1.807) is 12.1 Å². The number of amides is 1.